The van der Waals surface area contributed by atoms with E-state index < -0.39 is 33.5 Å². The van der Waals surface area contributed by atoms with Gasteiger partial charge in [0.05, 0.1) is 23.9 Å². The van der Waals surface area contributed by atoms with Gasteiger partial charge in [0.15, 0.2) is 0 Å². The molecule has 6 nitrogen and oxygen atoms in total. The quantitative estimate of drug-likeness (QED) is 0.780. The van der Waals surface area contributed by atoms with Crippen LogP contribution in [0.1, 0.15) is 24.0 Å². The third-order valence-electron chi connectivity index (χ3n) is 4.23. The van der Waals surface area contributed by atoms with Crippen molar-refractivity contribution in [3.05, 3.63) is 59.3 Å². The predicted molar refractivity (Wildman–Crippen MR) is 93.2 cm³/mol. The standard InChI is InChI=1S/C18H17F2N3O3S/c19-15-3-4-17(20)14(9-15)12-27(24,25)23-7-1-2-16(11-23)26-18-8-13(10-21)5-6-22-18/h3-6,8-9,16H,1-2,7,11-12H2. The summed E-state index contributed by atoms with van der Waals surface area (Å²) in [6, 6.07) is 7.75. The van der Waals surface area contributed by atoms with E-state index in [-0.39, 0.29) is 24.5 Å². The van der Waals surface area contributed by atoms with E-state index in [4.69, 9.17) is 10.00 Å². The highest BCUT2D eigenvalue weighted by atomic mass is 32.2. The molecule has 1 aromatic carbocycles. The fraction of sp³-hybridized carbons (Fsp3) is 0.333. The Morgan fingerprint density at radius 1 is 1.30 bits per heavy atom. The molecule has 1 aromatic heterocycles. The van der Waals surface area contributed by atoms with E-state index in [9.17, 15) is 17.2 Å². The van der Waals surface area contributed by atoms with Crippen LogP contribution >= 0.6 is 0 Å². The molecule has 1 saturated heterocycles. The summed E-state index contributed by atoms with van der Waals surface area (Å²) in [5.41, 5.74) is 0.184. The van der Waals surface area contributed by atoms with Gasteiger partial charge in [-0.05, 0) is 37.1 Å². The van der Waals surface area contributed by atoms with Crippen LogP contribution in [0.3, 0.4) is 0 Å². The van der Waals surface area contributed by atoms with Crippen molar-refractivity contribution in [2.45, 2.75) is 24.7 Å². The Labute approximate surface area is 156 Å². The van der Waals surface area contributed by atoms with Crippen molar-refractivity contribution in [3.63, 3.8) is 0 Å². The number of pyridine rings is 1. The Kier molecular flexibility index (Phi) is 5.68. The molecule has 1 aliphatic heterocycles. The first-order valence-corrected chi connectivity index (χ1v) is 9.93. The molecule has 0 N–H and O–H groups in total. The van der Waals surface area contributed by atoms with Gasteiger partial charge in [0.25, 0.3) is 0 Å². The SMILES string of the molecule is N#Cc1ccnc(OC2CCCN(S(=O)(=O)Cc3cc(F)ccc3F)C2)c1. The Morgan fingerprint density at radius 2 is 2.11 bits per heavy atom. The lowest BCUT2D eigenvalue weighted by molar-refractivity contribution is 0.124. The molecule has 1 aliphatic rings. The number of nitrogens with zero attached hydrogens (tertiary/aromatic N) is 3. The van der Waals surface area contributed by atoms with E-state index in [1.807, 2.05) is 6.07 Å². The molecule has 2 aromatic rings. The molecule has 142 valence electrons. The van der Waals surface area contributed by atoms with Crippen molar-refractivity contribution in [2.75, 3.05) is 13.1 Å². The minimum Gasteiger partial charge on any atom is -0.473 e. The molecule has 0 radical (unpaired) electrons. The molecule has 0 saturated carbocycles. The Hall–Kier alpha value is -2.57. The molecule has 1 unspecified atom stereocenters. The summed E-state index contributed by atoms with van der Waals surface area (Å²) >= 11 is 0. The second kappa shape index (κ2) is 7.98. The van der Waals surface area contributed by atoms with Crippen molar-refractivity contribution in [3.8, 4) is 11.9 Å². The zero-order chi connectivity index (χ0) is 19.4. The zero-order valence-corrected chi connectivity index (χ0v) is 15.1. The second-order valence-electron chi connectivity index (χ2n) is 6.23. The van der Waals surface area contributed by atoms with Crippen molar-refractivity contribution >= 4 is 10.0 Å². The predicted octanol–water partition coefficient (Wildman–Crippen LogP) is 2.60. The van der Waals surface area contributed by atoms with Gasteiger partial charge in [0.1, 0.15) is 17.7 Å². The summed E-state index contributed by atoms with van der Waals surface area (Å²) in [6.45, 7) is 0.364. The van der Waals surface area contributed by atoms with Gasteiger partial charge in [-0.1, -0.05) is 0 Å². The topological polar surface area (TPSA) is 83.3 Å². The molecule has 0 amide bonds. The molecule has 3 rings (SSSR count). The number of benzene rings is 1. The molecule has 0 aliphatic carbocycles. The number of hydrogen-bond acceptors (Lipinski definition) is 5. The number of nitriles is 1. The van der Waals surface area contributed by atoms with E-state index in [0.717, 1.165) is 18.2 Å². The zero-order valence-electron chi connectivity index (χ0n) is 14.3. The van der Waals surface area contributed by atoms with Crippen LogP contribution in [-0.2, 0) is 15.8 Å². The Balaban J connectivity index is 1.71. The molecule has 2 heterocycles. The van der Waals surface area contributed by atoms with Gasteiger partial charge in [-0.15, -0.1) is 0 Å². The number of aromatic nitrogens is 1. The summed E-state index contributed by atoms with van der Waals surface area (Å²) < 4.78 is 59.3. The van der Waals surface area contributed by atoms with Crippen LogP contribution < -0.4 is 4.74 Å². The first-order chi connectivity index (χ1) is 12.9. The van der Waals surface area contributed by atoms with E-state index in [1.165, 1.54) is 22.6 Å². The summed E-state index contributed by atoms with van der Waals surface area (Å²) in [5.74, 6) is -1.83. The monoisotopic (exact) mass is 393 g/mol. The molecular formula is C18H17F2N3O3S. The number of ether oxygens (including phenoxy) is 1. The van der Waals surface area contributed by atoms with E-state index >= 15 is 0 Å². The largest absolute Gasteiger partial charge is 0.473 e. The van der Waals surface area contributed by atoms with Crippen molar-refractivity contribution in [1.82, 2.24) is 9.29 Å². The lowest BCUT2D eigenvalue weighted by Crippen LogP contribution is -2.44. The average molecular weight is 393 g/mol. The highest BCUT2D eigenvalue weighted by molar-refractivity contribution is 7.88. The second-order valence-corrected chi connectivity index (χ2v) is 8.20. The maximum Gasteiger partial charge on any atom is 0.218 e. The maximum absolute atomic E-state index is 13.8. The Morgan fingerprint density at radius 3 is 2.89 bits per heavy atom. The van der Waals surface area contributed by atoms with Gasteiger partial charge in [-0.25, -0.2) is 22.2 Å². The summed E-state index contributed by atoms with van der Waals surface area (Å²) in [7, 11) is -3.84. The average Bonchev–Trinajstić information content (AvgIpc) is 2.65. The summed E-state index contributed by atoms with van der Waals surface area (Å²) in [4.78, 5) is 4.03. The van der Waals surface area contributed by atoms with E-state index in [1.54, 1.807) is 0 Å². The van der Waals surface area contributed by atoms with Gasteiger partial charge < -0.3 is 4.74 Å². The van der Waals surface area contributed by atoms with Gasteiger partial charge in [0, 0.05) is 24.4 Å². The number of piperidine rings is 1. The van der Waals surface area contributed by atoms with Crippen LogP contribution in [0.15, 0.2) is 36.5 Å². The minimum absolute atomic E-state index is 0.0811. The molecule has 0 bridgehead atoms. The summed E-state index contributed by atoms with van der Waals surface area (Å²) in [5, 5.41) is 8.92. The fourth-order valence-corrected chi connectivity index (χ4v) is 4.51. The van der Waals surface area contributed by atoms with Crippen LogP contribution in [0.5, 0.6) is 5.88 Å². The Bertz CT molecular complexity index is 976. The smallest absolute Gasteiger partial charge is 0.218 e. The molecule has 9 heteroatoms. The molecule has 27 heavy (non-hydrogen) atoms. The fourth-order valence-electron chi connectivity index (χ4n) is 2.91. The van der Waals surface area contributed by atoms with E-state index in [2.05, 4.69) is 4.98 Å². The van der Waals surface area contributed by atoms with Gasteiger partial charge in [-0.2, -0.15) is 9.57 Å². The van der Waals surface area contributed by atoms with Crippen LogP contribution in [0.2, 0.25) is 0 Å². The van der Waals surface area contributed by atoms with Gasteiger partial charge in [0.2, 0.25) is 15.9 Å². The number of halogens is 2. The van der Waals surface area contributed by atoms with Crippen LogP contribution in [0.25, 0.3) is 0 Å². The number of hydrogen-bond donors (Lipinski definition) is 0. The first-order valence-electron chi connectivity index (χ1n) is 8.32. The number of sulfonamides is 1. The van der Waals surface area contributed by atoms with Gasteiger partial charge >= 0.3 is 0 Å². The lowest BCUT2D eigenvalue weighted by atomic mass is 10.1. The third kappa shape index (κ3) is 4.78. The minimum atomic E-state index is -3.84. The lowest BCUT2D eigenvalue weighted by Gasteiger charge is -2.31. The van der Waals surface area contributed by atoms with Crippen LogP contribution in [0.4, 0.5) is 8.78 Å². The molecule has 1 atom stereocenters. The van der Waals surface area contributed by atoms with E-state index in [0.29, 0.717) is 18.4 Å². The molecule has 0 spiro atoms. The van der Waals surface area contributed by atoms with Gasteiger partial charge in [-0.3, -0.25) is 0 Å². The number of rotatable bonds is 5. The van der Waals surface area contributed by atoms with Crippen molar-refractivity contribution in [1.29, 1.82) is 5.26 Å². The van der Waals surface area contributed by atoms with Crippen LogP contribution in [0, 0.1) is 23.0 Å². The highest BCUT2D eigenvalue weighted by Crippen LogP contribution is 2.22. The van der Waals surface area contributed by atoms with Crippen molar-refractivity contribution in [2.24, 2.45) is 0 Å². The van der Waals surface area contributed by atoms with Crippen molar-refractivity contribution < 1.29 is 21.9 Å². The molecule has 1 fully saturated rings. The highest BCUT2D eigenvalue weighted by Gasteiger charge is 2.31. The van der Waals surface area contributed by atoms with Crippen LogP contribution in [-0.4, -0.2) is 36.9 Å². The maximum atomic E-state index is 13.8. The molecular weight excluding hydrogens is 376 g/mol. The third-order valence-corrected chi connectivity index (χ3v) is 6.03. The first kappa shape index (κ1) is 19.2. The summed E-state index contributed by atoms with van der Waals surface area (Å²) in [6.07, 6.45) is 2.19. The normalized spacial score (nSPS) is 18.0.